The molecule has 1 amide bonds. The van der Waals surface area contributed by atoms with Crippen molar-refractivity contribution in [1.82, 2.24) is 15.3 Å². The minimum Gasteiger partial charge on any atom is -0.365 e. The lowest BCUT2D eigenvalue weighted by molar-refractivity contribution is -0.0654. The van der Waals surface area contributed by atoms with E-state index >= 15 is 0 Å². The summed E-state index contributed by atoms with van der Waals surface area (Å²) in [7, 11) is 1.44. The molecule has 0 aliphatic heterocycles. The molecule has 150 valence electrons. The van der Waals surface area contributed by atoms with Crippen LogP contribution in [0.2, 0.25) is 0 Å². The smallest absolute Gasteiger partial charge is 0.265 e. The van der Waals surface area contributed by atoms with E-state index < -0.39 is 29.7 Å². The fourth-order valence-corrected chi connectivity index (χ4v) is 3.36. The van der Waals surface area contributed by atoms with Crippen molar-refractivity contribution < 1.29 is 18.0 Å². The lowest BCUT2D eigenvalue weighted by Crippen LogP contribution is -2.56. The lowest BCUT2D eigenvalue weighted by Gasteiger charge is -2.38. The molecule has 0 saturated heterocycles. The standard InChI is InChI=1S/C18H21F3N6O/c1-23-14-13(5-2-6-18(14,20)21)26-17-12(19)8-11(15(22)28)16(27-17)25-10-4-3-7-24-9-10/h3-4,7-9,13-14,23H,2,5-6H2,1H3,(H2,22,28)(H2,25,26,27)/t13-,14-/m1/s1. The summed E-state index contributed by atoms with van der Waals surface area (Å²) < 4.78 is 42.9. The largest absolute Gasteiger partial charge is 0.365 e. The number of carbonyl (C=O) groups excluding carboxylic acids is 1. The van der Waals surface area contributed by atoms with E-state index in [-0.39, 0.29) is 23.6 Å². The molecule has 2 heterocycles. The zero-order valence-corrected chi connectivity index (χ0v) is 15.2. The summed E-state index contributed by atoms with van der Waals surface area (Å²) in [4.78, 5) is 19.7. The number of nitrogens with one attached hydrogen (secondary N) is 3. The summed E-state index contributed by atoms with van der Waals surface area (Å²) in [6.07, 6.45) is 3.53. The van der Waals surface area contributed by atoms with Crippen LogP contribution in [0.1, 0.15) is 29.6 Å². The number of likely N-dealkylation sites (N-methyl/N-ethyl adjacent to an activating group) is 1. The van der Waals surface area contributed by atoms with Gasteiger partial charge in [0.15, 0.2) is 11.6 Å². The minimum absolute atomic E-state index is 0.00739. The Bertz CT molecular complexity index is 849. The van der Waals surface area contributed by atoms with Crippen molar-refractivity contribution in [1.29, 1.82) is 0 Å². The number of halogens is 3. The number of alkyl halides is 2. The van der Waals surface area contributed by atoms with Crippen LogP contribution in [0, 0.1) is 5.82 Å². The third-order valence-corrected chi connectivity index (χ3v) is 4.68. The Kier molecular flexibility index (Phi) is 5.68. The number of pyridine rings is 2. The van der Waals surface area contributed by atoms with Crippen molar-refractivity contribution in [3.8, 4) is 0 Å². The third-order valence-electron chi connectivity index (χ3n) is 4.68. The number of primary amides is 1. The van der Waals surface area contributed by atoms with Gasteiger partial charge < -0.3 is 21.7 Å². The molecule has 10 heteroatoms. The second-order valence-corrected chi connectivity index (χ2v) is 6.62. The van der Waals surface area contributed by atoms with Gasteiger partial charge in [0, 0.05) is 18.7 Å². The average molecular weight is 394 g/mol. The SMILES string of the molecule is CN[C@@H]1[C@H](Nc2nc(Nc3cccnc3)c(C(N)=O)cc2F)CCCC1(F)F. The van der Waals surface area contributed by atoms with E-state index in [1.54, 1.807) is 18.3 Å². The summed E-state index contributed by atoms with van der Waals surface area (Å²) >= 11 is 0. The number of nitrogens with two attached hydrogens (primary N) is 1. The van der Waals surface area contributed by atoms with Crippen LogP contribution in [0.15, 0.2) is 30.6 Å². The number of hydrogen-bond acceptors (Lipinski definition) is 6. The van der Waals surface area contributed by atoms with Crippen LogP contribution in [0.3, 0.4) is 0 Å². The van der Waals surface area contributed by atoms with Gasteiger partial charge in [-0.15, -0.1) is 0 Å². The summed E-state index contributed by atoms with van der Waals surface area (Å²) in [5, 5.41) is 8.22. The van der Waals surface area contributed by atoms with E-state index in [0.717, 1.165) is 6.07 Å². The molecule has 1 aliphatic carbocycles. The van der Waals surface area contributed by atoms with Gasteiger partial charge >= 0.3 is 0 Å². The average Bonchev–Trinajstić information content (AvgIpc) is 2.64. The molecule has 2 aromatic heterocycles. The van der Waals surface area contributed by atoms with Crippen LogP contribution in [0.4, 0.5) is 30.5 Å². The summed E-state index contributed by atoms with van der Waals surface area (Å²) in [6.45, 7) is 0. The van der Waals surface area contributed by atoms with Crippen molar-refractivity contribution in [3.05, 3.63) is 42.0 Å². The number of carbonyl (C=O) groups is 1. The fourth-order valence-electron chi connectivity index (χ4n) is 3.36. The molecule has 2 atom stereocenters. The molecule has 0 radical (unpaired) electrons. The van der Waals surface area contributed by atoms with Gasteiger partial charge in [0.1, 0.15) is 5.82 Å². The highest BCUT2D eigenvalue weighted by Crippen LogP contribution is 2.35. The van der Waals surface area contributed by atoms with E-state index in [4.69, 9.17) is 5.73 Å². The summed E-state index contributed by atoms with van der Waals surface area (Å²) in [5.41, 5.74) is 5.67. The van der Waals surface area contributed by atoms with Gasteiger partial charge in [-0.2, -0.15) is 0 Å². The zero-order chi connectivity index (χ0) is 20.3. The third kappa shape index (κ3) is 4.16. The Morgan fingerprint density at radius 2 is 2.14 bits per heavy atom. The van der Waals surface area contributed by atoms with Gasteiger partial charge in [-0.1, -0.05) is 0 Å². The van der Waals surface area contributed by atoms with Gasteiger partial charge in [-0.3, -0.25) is 9.78 Å². The molecule has 5 N–H and O–H groups in total. The van der Waals surface area contributed by atoms with Crippen LogP contribution in [-0.4, -0.2) is 40.9 Å². The quantitative estimate of drug-likeness (QED) is 0.600. The van der Waals surface area contributed by atoms with Crippen molar-refractivity contribution in [2.24, 2.45) is 5.73 Å². The first-order valence-electron chi connectivity index (χ1n) is 8.81. The molecule has 1 fully saturated rings. The maximum absolute atomic E-state index is 14.5. The number of aromatic nitrogens is 2. The van der Waals surface area contributed by atoms with Crippen molar-refractivity contribution >= 4 is 23.2 Å². The molecule has 3 rings (SSSR count). The van der Waals surface area contributed by atoms with E-state index in [1.807, 2.05) is 0 Å². The lowest BCUT2D eigenvalue weighted by atomic mass is 9.87. The maximum atomic E-state index is 14.5. The fraction of sp³-hybridized carbons (Fsp3) is 0.389. The number of nitrogens with zero attached hydrogens (tertiary/aromatic N) is 2. The summed E-state index contributed by atoms with van der Waals surface area (Å²) in [5.74, 6) is -4.88. The second-order valence-electron chi connectivity index (χ2n) is 6.62. The Morgan fingerprint density at radius 1 is 1.36 bits per heavy atom. The molecule has 28 heavy (non-hydrogen) atoms. The highest BCUT2D eigenvalue weighted by molar-refractivity contribution is 5.98. The van der Waals surface area contributed by atoms with Crippen LogP contribution in [-0.2, 0) is 0 Å². The molecule has 1 aliphatic rings. The topological polar surface area (TPSA) is 105 Å². The predicted molar refractivity (Wildman–Crippen MR) is 99.3 cm³/mol. The van der Waals surface area contributed by atoms with Gasteiger partial charge in [0.05, 0.1) is 23.5 Å². The molecule has 1 saturated carbocycles. The van der Waals surface area contributed by atoms with E-state index in [1.165, 1.54) is 13.2 Å². The molecule has 2 aromatic rings. The molecule has 7 nitrogen and oxygen atoms in total. The first-order valence-corrected chi connectivity index (χ1v) is 8.81. The summed E-state index contributed by atoms with van der Waals surface area (Å²) in [6, 6.07) is 2.37. The van der Waals surface area contributed by atoms with Crippen LogP contribution < -0.4 is 21.7 Å². The molecular weight excluding hydrogens is 373 g/mol. The Morgan fingerprint density at radius 3 is 2.79 bits per heavy atom. The second kappa shape index (κ2) is 8.01. The minimum atomic E-state index is -2.93. The maximum Gasteiger partial charge on any atom is 0.265 e. The predicted octanol–water partition coefficient (Wildman–Crippen LogP) is 2.65. The molecule has 0 spiro atoms. The van der Waals surface area contributed by atoms with Crippen molar-refractivity contribution in [2.75, 3.05) is 17.7 Å². The first kappa shape index (κ1) is 19.9. The van der Waals surface area contributed by atoms with Gasteiger partial charge in [-0.05, 0) is 38.1 Å². The van der Waals surface area contributed by atoms with E-state index in [0.29, 0.717) is 18.5 Å². The van der Waals surface area contributed by atoms with E-state index in [9.17, 15) is 18.0 Å². The van der Waals surface area contributed by atoms with Gasteiger partial charge in [0.25, 0.3) is 11.8 Å². The van der Waals surface area contributed by atoms with Crippen LogP contribution in [0.25, 0.3) is 0 Å². The number of amides is 1. The number of rotatable bonds is 6. The number of anilines is 3. The number of hydrogen-bond donors (Lipinski definition) is 4. The molecule has 0 aromatic carbocycles. The Labute approximate surface area is 159 Å². The van der Waals surface area contributed by atoms with Gasteiger partial charge in [0.2, 0.25) is 0 Å². The van der Waals surface area contributed by atoms with Crippen LogP contribution in [0.5, 0.6) is 0 Å². The van der Waals surface area contributed by atoms with E-state index in [2.05, 4.69) is 25.9 Å². The normalized spacial score (nSPS) is 21.1. The molecule has 0 bridgehead atoms. The zero-order valence-electron chi connectivity index (χ0n) is 15.2. The van der Waals surface area contributed by atoms with Gasteiger partial charge in [-0.25, -0.2) is 18.2 Å². The van der Waals surface area contributed by atoms with Crippen molar-refractivity contribution in [2.45, 2.75) is 37.3 Å². The first-order chi connectivity index (χ1) is 13.3. The molecule has 0 unspecified atom stereocenters. The van der Waals surface area contributed by atoms with Crippen molar-refractivity contribution in [3.63, 3.8) is 0 Å². The monoisotopic (exact) mass is 394 g/mol. The highest BCUT2D eigenvalue weighted by atomic mass is 19.3. The Balaban J connectivity index is 1.92. The highest BCUT2D eigenvalue weighted by Gasteiger charge is 2.46. The van der Waals surface area contributed by atoms with Crippen LogP contribution >= 0.6 is 0 Å². The Hall–Kier alpha value is -2.88. The molecular formula is C18H21F3N6O.